The maximum absolute atomic E-state index is 11.3. The average Bonchev–Trinajstić information content (AvgIpc) is 2.02. The molecule has 0 N–H and O–H groups in total. The molecule has 1 unspecified atom stereocenters. The third-order valence-electron chi connectivity index (χ3n) is 1.92. The zero-order valence-electron chi connectivity index (χ0n) is 8.65. The van der Waals surface area contributed by atoms with Crippen molar-refractivity contribution in [1.29, 1.82) is 0 Å². The fraction of sp³-hybridized carbons (Fsp3) is 0.778. The van der Waals surface area contributed by atoms with E-state index in [0.717, 1.165) is 0 Å². The molecule has 80 valence electrons. The first kappa shape index (κ1) is 12.7. The topological polar surface area (TPSA) is 77.3 Å². The molecule has 0 saturated carbocycles. The van der Waals surface area contributed by atoms with Crippen molar-refractivity contribution in [3.8, 4) is 0 Å². The maximum atomic E-state index is 11.3. The van der Waals surface area contributed by atoms with Gasteiger partial charge < -0.3 is 4.79 Å². The summed E-state index contributed by atoms with van der Waals surface area (Å²) in [5.41, 5.74) is 0. The molecular formula is C9H15NO4. The lowest BCUT2D eigenvalue weighted by atomic mass is 9.98. The lowest BCUT2D eigenvalue weighted by molar-refractivity contribution is -0.508. The summed E-state index contributed by atoms with van der Waals surface area (Å²) in [5.74, 6) is -0.901. The number of carbonyl (C=O) groups is 2. The Morgan fingerprint density at radius 3 is 2.14 bits per heavy atom. The summed E-state index contributed by atoms with van der Waals surface area (Å²) in [6, 6.07) is -1.22. The summed E-state index contributed by atoms with van der Waals surface area (Å²) in [5, 5.41) is 10.5. The van der Waals surface area contributed by atoms with Gasteiger partial charge in [-0.25, -0.2) is 0 Å². The van der Waals surface area contributed by atoms with Gasteiger partial charge in [0.25, 0.3) is 6.04 Å². The van der Waals surface area contributed by atoms with Gasteiger partial charge in [-0.05, 0) is 6.92 Å². The van der Waals surface area contributed by atoms with Gasteiger partial charge in [0.05, 0.1) is 0 Å². The van der Waals surface area contributed by atoms with Crippen LogP contribution in [-0.2, 0) is 9.59 Å². The number of hydrogen-bond donors (Lipinski definition) is 0. The number of nitro groups is 1. The number of carbonyl (C=O) groups excluding carboxylic acids is 2. The van der Waals surface area contributed by atoms with Crippen LogP contribution in [-0.4, -0.2) is 22.5 Å². The van der Waals surface area contributed by atoms with E-state index in [1.807, 2.05) is 0 Å². The van der Waals surface area contributed by atoms with E-state index in [0.29, 0.717) is 0 Å². The average molecular weight is 201 g/mol. The monoisotopic (exact) mass is 201 g/mol. The molecule has 0 aromatic carbocycles. The number of ketones is 2. The summed E-state index contributed by atoms with van der Waals surface area (Å²) in [6.45, 7) is 4.59. The van der Waals surface area contributed by atoms with E-state index in [2.05, 4.69) is 0 Å². The molecule has 0 amide bonds. The van der Waals surface area contributed by atoms with Gasteiger partial charge in [0, 0.05) is 23.7 Å². The van der Waals surface area contributed by atoms with Crippen LogP contribution in [0.25, 0.3) is 0 Å². The first-order valence-electron chi connectivity index (χ1n) is 4.53. The second kappa shape index (κ2) is 5.47. The summed E-state index contributed by atoms with van der Waals surface area (Å²) in [6.07, 6.45) is 0.101. The largest absolute Gasteiger partial charge is 0.300 e. The van der Waals surface area contributed by atoms with Crippen molar-refractivity contribution in [2.24, 2.45) is 5.92 Å². The maximum Gasteiger partial charge on any atom is 0.270 e. The highest BCUT2D eigenvalue weighted by Gasteiger charge is 2.31. The van der Waals surface area contributed by atoms with E-state index in [9.17, 15) is 19.7 Å². The van der Waals surface area contributed by atoms with Gasteiger partial charge in [-0.15, -0.1) is 0 Å². The first-order chi connectivity index (χ1) is 6.36. The Morgan fingerprint density at radius 2 is 1.86 bits per heavy atom. The van der Waals surface area contributed by atoms with Crippen LogP contribution in [0.15, 0.2) is 0 Å². The van der Waals surface area contributed by atoms with Crippen molar-refractivity contribution in [2.45, 2.75) is 39.7 Å². The standard InChI is InChI=1S/C9H15NO4/c1-6(2)9(12)8(10(13)14)5-4-7(3)11/h6,8H,4-5H2,1-3H3. The molecule has 0 aliphatic carbocycles. The highest BCUT2D eigenvalue weighted by molar-refractivity contribution is 5.85. The summed E-state index contributed by atoms with van der Waals surface area (Å²) < 4.78 is 0. The molecule has 0 rings (SSSR count). The molecule has 0 bridgehead atoms. The Kier molecular flexibility index (Phi) is 4.97. The molecule has 14 heavy (non-hydrogen) atoms. The van der Waals surface area contributed by atoms with Gasteiger partial charge in [-0.2, -0.15) is 0 Å². The molecular weight excluding hydrogens is 186 g/mol. The Balaban J connectivity index is 4.37. The quantitative estimate of drug-likeness (QED) is 0.478. The van der Waals surface area contributed by atoms with Crippen molar-refractivity contribution in [3.63, 3.8) is 0 Å². The Bertz CT molecular complexity index is 247. The Hall–Kier alpha value is -1.26. The third-order valence-corrected chi connectivity index (χ3v) is 1.92. The van der Waals surface area contributed by atoms with Gasteiger partial charge in [0.2, 0.25) is 5.78 Å². The summed E-state index contributed by atoms with van der Waals surface area (Å²) in [4.78, 5) is 31.9. The number of rotatable bonds is 6. The number of hydrogen-bond acceptors (Lipinski definition) is 4. The van der Waals surface area contributed by atoms with Crippen molar-refractivity contribution >= 4 is 11.6 Å². The van der Waals surface area contributed by atoms with E-state index in [-0.39, 0.29) is 24.5 Å². The van der Waals surface area contributed by atoms with Crippen LogP contribution in [0.5, 0.6) is 0 Å². The minimum atomic E-state index is -1.22. The highest BCUT2D eigenvalue weighted by Crippen LogP contribution is 2.09. The molecule has 5 heteroatoms. The molecule has 0 radical (unpaired) electrons. The van der Waals surface area contributed by atoms with Crippen LogP contribution in [0, 0.1) is 16.0 Å². The van der Waals surface area contributed by atoms with Gasteiger partial charge in [0.15, 0.2) is 0 Å². The molecule has 5 nitrogen and oxygen atoms in total. The SMILES string of the molecule is CC(=O)CCC(C(=O)C(C)C)[N+](=O)[O-]. The van der Waals surface area contributed by atoms with Crippen LogP contribution in [0.4, 0.5) is 0 Å². The second-order valence-corrected chi connectivity index (χ2v) is 3.60. The van der Waals surface area contributed by atoms with Gasteiger partial charge in [0.1, 0.15) is 5.78 Å². The Morgan fingerprint density at radius 1 is 1.36 bits per heavy atom. The minimum absolute atomic E-state index is 0.0132. The minimum Gasteiger partial charge on any atom is -0.300 e. The van der Waals surface area contributed by atoms with Gasteiger partial charge in [-0.1, -0.05) is 13.8 Å². The summed E-state index contributed by atoms with van der Waals surface area (Å²) in [7, 11) is 0. The summed E-state index contributed by atoms with van der Waals surface area (Å²) >= 11 is 0. The van der Waals surface area contributed by atoms with Crippen LogP contribution in [0.1, 0.15) is 33.6 Å². The zero-order chi connectivity index (χ0) is 11.3. The zero-order valence-corrected chi connectivity index (χ0v) is 8.65. The van der Waals surface area contributed by atoms with E-state index in [1.165, 1.54) is 6.92 Å². The molecule has 0 aromatic rings. The lowest BCUT2D eigenvalue weighted by Crippen LogP contribution is -2.33. The molecule has 1 atom stereocenters. The fourth-order valence-corrected chi connectivity index (χ4v) is 1.08. The van der Waals surface area contributed by atoms with E-state index in [1.54, 1.807) is 13.8 Å². The predicted octanol–water partition coefficient (Wildman–Crippen LogP) is 1.23. The van der Waals surface area contributed by atoms with Crippen molar-refractivity contribution in [1.82, 2.24) is 0 Å². The number of nitrogens with zero attached hydrogens (tertiary/aromatic N) is 1. The van der Waals surface area contributed by atoms with Gasteiger partial charge in [-0.3, -0.25) is 14.9 Å². The fourth-order valence-electron chi connectivity index (χ4n) is 1.08. The van der Waals surface area contributed by atoms with Crippen LogP contribution >= 0.6 is 0 Å². The lowest BCUT2D eigenvalue weighted by Gasteiger charge is -2.09. The first-order valence-corrected chi connectivity index (χ1v) is 4.53. The van der Waals surface area contributed by atoms with Crippen molar-refractivity contribution < 1.29 is 14.5 Å². The van der Waals surface area contributed by atoms with E-state index in [4.69, 9.17) is 0 Å². The van der Waals surface area contributed by atoms with Crippen molar-refractivity contribution in [3.05, 3.63) is 10.1 Å². The van der Waals surface area contributed by atoms with Crippen LogP contribution in [0.3, 0.4) is 0 Å². The molecule has 0 aliphatic heterocycles. The molecule has 0 heterocycles. The van der Waals surface area contributed by atoms with E-state index < -0.39 is 16.7 Å². The highest BCUT2D eigenvalue weighted by atomic mass is 16.6. The van der Waals surface area contributed by atoms with Crippen LogP contribution < -0.4 is 0 Å². The normalized spacial score (nSPS) is 12.6. The predicted molar refractivity (Wildman–Crippen MR) is 50.5 cm³/mol. The molecule has 0 fully saturated rings. The molecule has 0 aliphatic rings. The molecule has 0 spiro atoms. The second-order valence-electron chi connectivity index (χ2n) is 3.60. The Labute approximate surface area is 82.6 Å². The smallest absolute Gasteiger partial charge is 0.270 e. The molecule has 0 saturated heterocycles. The van der Waals surface area contributed by atoms with E-state index >= 15 is 0 Å². The van der Waals surface area contributed by atoms with Crippen molar-refractivity contribution in [2.75, 3.05) is 0 Å². The third kappa shape index (κ3) is 4.11. The number of Topliss-reactive ketones (excluding diaryl/α,β-unsaturated/α-hetero) is 2. The molecule has 0 aromatic heterocycles. The van der Waals surface area contributed by atoms with Gasteiger partial charge >= 0.3 is 0 Å². The van der Waals surface area contributed by atoms with Crippen LogP contribution in [0.2, 0.25) is 0 Å².